The van der Waals surface area contributed by atoms with Gasteiger partial charge in [0.15, 0.2) is 0 Å². The summed E-state index contributed by atoms with van der Waals surface area (Å²) >= 11 is 0. The van der Waals surface area contributed by atoms with E-state index in [4.69, 9.17) is 5.73 Å². The van der Waals surface area contributed by atoms with Crippen LogP contribution in [0, 0.1) is 0 Å². The molecule has 1 aromatic rings. The first-order valence-corrected chi connectivity index (χ1v) is 5.59. The molecule has 0 unspecified atom stereocenters. The van der Waals surface area contributed by atoms with Crippen molar-refractivity contribution in [2.75, 3.05) is 0 Å². The van der Waals surface area contributed by atoms with Crippen LogP contribution in [-0.2, 0) is 12.8 Å². The quantitative estimate of drug-likeness (QED) is 0.774. The van der Waals surface area contributed by atoms with Gasteiger partial charge in [-0.15, -0.1) is 0 Å². The molecule has 0 aromatic heterocycles. The fourth-order valence-electron chi connectivity index (χ4n) is 1.94. The van der Waals surface area contributed by atoms with E-state index in [0.29, 0.717) is 0 Å². The number of hydrogen-bond acceptors (Lipinski definition) is 1. The molecule has 0 heterocycles. The van der Waals surface area contributed by atoms with Crippen LogP contribution in [0.15, 0.2) is 24.3 Å². The standard InChI is InChI=1S/C13H19N/c1-2-11-5-3-4-6-12(11)7-8-13(14)9-10-13/h3-6H,2,7-10,14H2,1H3. The van der Waals surface area contributed by atoms with Crippen molar-refractivity contribution < 1.29 is 0 Å². The highest BCUT2D eigenvalue weighted by Gasteiger charge is 2.37. The molecular weight excluding hydrogens is 170 g/mol. The molecular formula is C13H19N. The molecule has 1 saturated carbocycles. The van der Waals surface area contributed by atoms with Crippen LogP contribution in [0.3, 0.4) is 0 Å². The normalized spacial score (nSPS) is 18.1. The van der Waals surface area contributed by atoms with Crippen LogP contribution in [0.1, 0.15) is 37.3 Å². The number of nitrogens with two attached hydrogens (primary N) is 1. The van der Waals surface area contributed by atoms with Gasteiger partial charge in [-0.1, -0.05) is 31.2 Å². The number of hydrogen-bond donors (Lipinski definition) is 1. The third kappa shape index (κ3) is 2.16. The molecule has 1 fully saturated rings. The van der Waals surface area contributed by atoms with Crippen LogP contribution >= 0.6 is 0 Å². The molecule has 0 saturated heterocycles. The molecule has 14 heavy (non-hydrogen) atoms. The summed E-state index contributed by atoms with van der Waals surface area (Å²) in [7, 11) is 0. The maximum absolute atomic E-state index is 6.09. The lowest BCUT2D eigenvalue weighted by molar-refractivity contribution is 0.607. The highest BCUT2D eigenvalue weighted by molar-refractivity contribution is 5.27. The predicted octanol–water partition coefficient (Wildman–Crippen LogP) is 2.67. The molecule has 0 spiro atoms. The highest BCUT2D eigenvalue weighted by atomic mass is 14.8. The van der Waals surface area contributed by atoms with Crippen LogP contribution in [0.25, 0.3) is 0 Å². The molecule has 1 heteroatoms. The van der Waals surface area contributed by atoms with Crippen molar-refractivity contribution in [3.63, 3.8) is 0 Å². The van der Waals surface area contributed by atoms with E-state index in [1.54, 1.807) is 0 Å². The molecule has 0 atom stereocenters. The maximum atomic E-state index is 6.09. The Morgan fingerprint density at radius 2 is 1.86 bits per heavy atom. The Morgan fingerprint density at radius 3 is 2.43 bits per heavy atom. The van der Waals surface area contributed by atoms with Crippen molar-refractivity contribution in [2.45, 2.75) is 44.6 Å². The maximum Gasteiger partial charge on any atom is 0.0158 e. The fraction of sp³-hybridized carbons (Fsp3) is 0.538. The first-order chi connectivity index (χ1) is 6.73. The molecule has 0 radical (unpaired) electrons. The van der Waals surface area contributed by atoms with Gasteiger partial charge < -0.3 is 5.73 Å². The molecule has 0 bridgehead atoms. The van der Waals surface area contributed by atoms with Crippen LogP contribution in [0.5, 0.6) is 0 Å². The van der Waals surface area contributed by atoms with E-state index in [1.165, 1.54) is 24.0 Å². The van der Waals surface area contributed by atoms with Gasteiger partial charge in [-0.05, 0) is 43.2 Å². The van der Waals surface area contributed by atoms with Gasteiger partial charge in [-0.3, -0.25) is 0 Å². The summed E-state index contributed by atoms with van der Waals surface area (Å²) < 4.78 is 0. The molecule has 76 valence electrons. The van der Waals surface area contributed by atoms with E-state index in [-0.39, 0.29) is 5.54 Å². The lowest BCUT2D eigenvalue weighted by atomic mass is 9.98. The minimum atomic E-state index is 0.195. The van der Waals surface area contributed by atoms with Crippen LogP contribution in [0.2, 0.25) is 0 Å². The number of rotatable bonds is 4. The first kappa shape index (κ1) is 9.72. The van der Waals surface area contributed by atoms with Gasteiger partial charge in [0.25, 0.3) is 0 Å². The Morgan fingerprint density at radius 1 is 1.21 bits per heavy atom. The van der Waals surface area contributed by atoms with Gasteiger partial charge in [-0.25, -0.2) is 0 Å². The summed E-state index contributed by atoms with van der Waals surface area (Å²) in [5.41, 5.74) is 9.26. The van der Waals surface area contributed by atoms with Crippen LogP contribution in [0.4, 0.5) is 0 Å². The zero-order valence-electron chi connectivity index (χ0n) is 8.92. The van der Waals surface area contributed by atoms with Gasteiger partial charge in [-0.2, -0.15) is 0 Å². The summed E-state index contributed by atoms with van der Waals surface area (Å²) in [4.78, 5) is 0. The summed E-state index contributed by atoms with van der Waals surface area (Å²) in [5.74, 6) is 0. The molecule has 0 aliphatic heterocycles. The van der Waals surface area contributed by atoms with Gasteiger partial charge >= 0.3 is 0 Å². The molecule has 2 rings (SSSR count). The van der Waals surface area contributed by atoms with E-state index in [9.17, 15) is 0 Å². The predicted molar refractivity (Wildman–Crippen MR) is 60.3 cm³/mol. The lowest BCUT2D eigenvalue weighted by Gasteiger charge is -2.11. The first-order valence-electron chi connectivity index (χ1n) is 5.59. The third-order valence-electron chi connectivity index (χ3n) is 3.28. The smallest absolute Gasteiger partial charge is 0.0158 e. The number of aryl methyl sites for hydroxylation is 2. The summed E-state index contributed by atoms with van der Waals surface area (Å²) in [6.07, 6.45) is 5.89. The van der Waals surface area contributed by atoms with Crippen LogP contribution < -0.4 is 5.73 Å². The van der Waals surface area contributed by atoms with Crippen molar-refractivity contribution in [1.29, 1.82) is 0 Å². The molecule has 1 nitrogen and oxygen atoms in total. The average Bonchev–Trinajstić information content (AvgIpc) is 2.95. The van der Waals surface area contributed by atoms with Crippen molar-refractivity contribution in [3.05, 3.63) is 35.4 Å². The van der Waals surface area contributed by atoms with E-state index in [2.05, 4.69) is 31.2 Å². The summed E-state index contributed by atoms with van der Waals surface area (Å²) in [5, 5.41) is 0. The minimum Gasteiger partial charge on any atom is -0.325 e. The highest BCUT2D eigenvalue weighted by Crippen LogP contribution is 2.36. The lowest BCUT2D eigenvalue weighted by Crippen LogP contribution is -2.22. The largest absolute Gasteiger partial charge is 0.325 e. The van der Waals surface area contributed by atoms with Crippen molar-refractivity contribution >= 4 is 0 Å². The van der Waals surface area contributed by atoms with E-state index in [0.717, 1.165) is 19.3 Å². The molecule has 0 amide bonds. The second kappa shape index (κ2) is 3.74. The second-order valence-corrected chi connectivity index (χ2v) is 4.48. The minimum absolute atomic E-state index is 0.195. The van der Waals surface area contributed by atoms with Crippen molar-refractivity contribution in [2.24, 2.45) is 5.73 Å². The van der Waals surface area contributed by atoms with Crippen molar-refractivity contribution in [3.8, 4) is 0 Å². The third-order valence-corrected chi connectivity index (χ3v) is 3.28. The SMILES string of the molecule is CCc1ccccc1CCC1(N)CC1. The topological polar surface area (TPSA) is 26.0 Å². The van der Waals surface area contributed by atoms with Crippen LogP contribution in [-0.4, -0.2) is 5.54 Å². The zero-order valence-corrected chi connectivity index (χ0v) is 8.92. The van der Waals surface area contributed by atoms with E-state index < -0.39 is 0 Å². The fourth-order valence-corrected chi connectivity index (χ4v) is 1.94. The number of benzene rings is 1. The Bertz CT molecular complexity index is 313. The summed E-state index contributed by atoms with van der Waals surface area (Å²) in [6, 6.07) is 8.72. The Hall–Kier alpha value is -0.820. The monoisotopic (exact) mass is 189 g/mol. The Kier molecular flexibility index (Phi) is 2.60. The zero-order chi connectivity index (χ0) is 10.0. The molecule has 1 aromatic carbocycles. The van der Waals surface area contributed by atoms with Gasteiger partial charge in [0.2, 0.25) is 0 Å². The average molecular weight is 189 g/mol. The Balaban J connectivity index is 2.00. The van der Waals surface area contributed by atoms with Gasteiger partial charge in [0.1, 0.15) is 0 Å². The van der Waals surface area contributed by atoms with Crippen molar-refractivity contribution in [1.82, 2.24) is 0 Å². The van der Waals surface area contributed by atoms with Gasteiger partial charge in [0, 0.05) is 5.54 Å². The summed E-state index contributed by atoms with van der Waals surface area (Å²) in [6.45, 7) is 2.22. The van der Waals surface area contributed by atoms with E-state index >= 15 is 0 Å². The molecule has 2 N–H and O–H groups in total. The molecule has 1 aliphatic carbocycles. The second-order valence-electron chi connectivity index (χ2n) is 4.48. The van der Waals surface area contributed by atoms with Gasteiger partial charge in [0.05, 0.1) is 0 Å². The molecule has 1 aliphatic rings. The van der Waals surface area contributed by atoms with E-state index in [1.807, 2.05) is 0 Å². The Labute approximate surface area is 86.3 Å².